The molecule has 0 aliphatic carbocycles. The van der Waals surface area contributed by atoms with Crippen LogP contribution in [0.5, 0.6) is 0 Å². The highest BCUT2D eigenvalue weighted by molar-refractivity contribution is 5.31. The molecule has 3 aliphatic heterocycles. The van der Waals surface area contributed by atoms with Gasteiger partial charge in [-0.25, -0.2) is 9.97 Å². The molecule has 0 aromatic carbocycles. The van der Waals surface area contributed by atoms with Gasteiger partial charge in [-0.1, -0.05) is 0 Å². The molecular weight excluding hydrogens is 302 g/mol. The zero-order valence-corrected chi connectivity index (χ0v) is 14.9. The van der Waals surface area contributed by atoms with Crippen molar-refractivity contribution < 1.29 is 4.74 Å². The van der Waals surface area contributed by atoms with Crippen molar-refractivity contribution in [1.29, 1.82) is 0 Å². The van der Waals surface area contributed by atoms with Crippen LogP contribution < -0.4 is 4.90 Å². The molecule has 0 bridgehead atoms. The molecule has 0 N–H and O–H groups in total. The third kappa shape index (κ3) is 3.55. The lowest BCUT2D eigenvalue weighted by atomic mass is 10.1. The fraction of sp³-hybridized carbons (Fsp3) is 0.778. The molecule has 1 aromatic rings. The Morgan fingerprint density at radius 3 is 2.79 bits per heavy atom. The zero-order valence-electron chi connectivity index (χ0n) is 14.9. The number of hydrogen-bond donors (Lipinski definition) is 0. The van der Waals surface area contributed by atoms with Crippen LogP contribution in [0.1, 0.15) is 32.4 Å². The van der Waals surface area contributed by atoms with Crippen molar-refractivity contribution in [2.75, 3.05) is 44.2 Å². The van der Waals surface area contributed by atoms with Crippen LogP contribution in [0, 0.1) is 0 Å². The lowest BCUT2D eigenvalue weighted by molar-refractivity contribution is -0.00574. The number of piperazine rings is 1. The van der Waals surface area contributed by atoms with Gasteiger partial charge in [0, 0.05) is 51.5 Å². The number of anilines is 1. The SMILES string of the molecule is C[C@@H]1CN(c2nccc(CN3CCN4CCC[C@@H]4C3)n2)C[C@H](C)O1. The molecular formula is C18H29N5O. The van der Waals surface area contributed by atoms with E-state index in [2.05, 4.69) is 39.6 Å². The van der Waals surface area contributed by atoms with Crippen molar-refractivity contribution in [2.45, 2.75) is 51.5 Å². The van der Waals surface area contributed by atoms with Crippen LogP contribution in [0.2, 0.25) is 0 Å². The summed E-state index contributed by atoms with van der Waals surface area (Å²) in [4.78, 5) is 16.8. The first-order valence-corrected chi connectivity index (χ1v) is 9.36. The van der Waals surface area contributed by atoms with Crippen molar-refractivity contribution in [1.82, 2.24) is 19.8 Å². The molecule has 132 valence electrons. The van der Waals surface area contributed by atoms with Crippen LogP contribution in [0.3, 0.4) is 0 Å². The molecule has 3 aliphatic rings. The van der Waals surface area contributed by atoms with Gasteiger partial charge in [0.25, 0.3) is 0 Å². The van der Waals surface area contributed by atoms with Gasteiger partial charge in [0.2, 0.25) is 5.95 Å². The molecule has 0 amide bonds. The lowest BCUT2D eigenvalue weighted by Gasteiger charge is -2.37. The molecule has 0 unspecified atom stereocenters. The lowest BCUT2D eigenvalue weighted by Crippen LogP contribution is -2.49. The number of morpholine rings is 1. The molecule has 3 saturated heterocycles. The molecule has 6 nitrogen and oxygen atoms in total. The zero-order chi connectivity index (χ0) is 16.5. The fourth-order valence-electron chi connectivity index (χ4n) is 4.39. The number of nitrogens with zero attached hydrogens (tertiary/aromatic N) is 5. The van der Waals surface area contributed by atoms with E-state index in [1.165, 1.54) is 32.5 Å². The Kier molecular flexibility index (Phi) is 4.70. The normalized spacial score (nSPS) is 32.1. The van der Waals surface area contributed by atoms with Gasteiger partial charge in [-0.15, -0.1) is 0 Å². The van der Waals surface area contributed by atoms with Gasteiger partial charge >= 0.3 is 0 Å². The van der Waals surface area contributed by atoms with Gasteiger partial charge in [0.1, 0.15) is 0 Å². The summed E-state index contributed by atoms with van der Waals surface area (Å²) >= 11 is 0. The second-order valence-electron chi connectivity index (χ2n) is 7.58. The third-order valence-corrected chi connectivity index (χ3v) is 5.46. The maximum absolute atomic E-state index is 5.82. The highest BCUT2D eigenvalue weighted by Gasteiger charge is 2.30. The van der Waals surface area contributed by atoms with E-state index in [0.717, 1.165) is 43.9 Å². The fourth-order valence-corrected chi connectivity index (χ4v) is 4.39. The molecule has 1 aromatic heterocycles. The maximum atomic E-state index is 5.82. The molecule has 0 spiro atoms. The van der Waals surface area contributed by atoms with Crippen LogP contribution in [0.15, 0.2) is 12.3 Å². The molecule has 0 radical (unpaired) electrons. The third-order valence-electron chi connectivity index (χ3n) is 5.46. The van der Waals surface area contributed by atoms with E-state index in [1.807, 2.05) is 6.20 Å². The van der Waals surface area contributed by atoms with Crippen molar-refractivity contribution in [3.63, 3.8) is 0 Å². The van der Waals surface area contributed by atoms with Gasteiger partial charge in [-0.3, -0.25) is 9.80 Å². The Morgan fingerprint density at radius 1 is 1.12 bits per heavy atom. The Labute approximate surface area is 144 Å². The standard InChI is InChI=1S/C18H29N5O/c1-14-10-23(11-15(2)24-14)18-19-6-5-16(20-18)12-21-8-9-22-7-3-4-17(22)13-21/h5-6,14-15,17H,3-4,7-13H2,1-2H3/t14-,15+,17-/m1/s1. The van der Waals surface area contributed by atoms with Crippen LogP contribution in [-0.2, 0) is 11.3 Å². The second-order valence-corrected chi connectivity index (χ2v) is 7.58. The van der Waals surface area contributed by atoms with E-state index in [0.29, 0.717) is 0 Å². The molecule has 6 heteroatoms. The highest BCUT2D eigenvalue weighted by atomic mass is 16.5. The minimum Gasteiger partial charge on any atom is -0.372 e. The maximum Gasteiger partial charge on any atom is 0.225 e. The summed E-state index contributed by atoms with van der Waals surface area (Å²) in [5.74, 6) is 0.856. The van der Waals surface area contributed by atoms with Gasteiger partial charge in [0.05, 0.1) is 17.9 Å². The second kappa shape index (κ2) is 6.94. The average Bonchev–Trinajstić information content (AvgIpc) is 3.02. The Balaban J connectivity index is 1.41. The molecule has 3 fully saturated rings. The van der Waals surface area contributed by atoms with Gasteiger partial charge in [0.15, 0.2) is 0 Å². The largest absolute Gasteiger partial charge is 0.372 e. The van der Waals surface area contributed by atoms with E-state index in [1.54, 1.807) is 0 Å². The minimum absolute atomic E-state index is 0.233. The van der Waals surface area contributed by atoms with E-state index in [4.69, 9.17) is 9.72 Å². The van der Waals surface area contributed by atoms with Gasteiger partial charge < -0.3 is 9.64 Å². The molecule has 24 heavy (non-hydrogen) atoms. The van der Waals surface area contributed by atoms with Gasteiger partial charge in [-0.05, 0) is 39.3 Å². The summed E-state index contributed by atoms with van der Waals surface area (Å²) < 4.78 is 5.82. The van der Waals surface area contributed by atoms with E-state index in [9.17, 15) is 0 Å². The quantitative estimate of drug-likeness (QED) is 0.834. The Morgan fingerprint density at radius 2 is 1.96 bits per heavy atom. The smallest absolute Gasteiger partial charge is 0.225 e. The average molecular weight is 331 g/mol. The first-order valence-electron chi connectivity index (χ1n) is 9.36. The van der Waals surface area contributed by atoms with Crippen molar-refractivity contribution in [3.8, 4) is 0 Å². The topological polar surface area (TPSA) is 44.7 Å². The number of rotatable bonds is 3. The van der Waals surface area contributed by atoms with E-state index in [-0.39, 0.29) is 12.2 Å². The summed E-state index contributed by atoms with van der Waals surface area (Å²) in [6.07, 6.45) is 5.10. The first-order chi connectivity index (χ1) is 11.7. The van der Waals surface area contributed by atoms with E-state index < -0.39 is 0 Å². The van der Waals surface area contributed by atoms with Crippen molar-refractivity contribution in [3.05, 3.63) is 18.0 Å². The number of fused-ring (bicyclic) bond motifs is 1. The van der Waals surface area contributed by atoms with Crippen molar-refractivity contribution >= 4 is 5.95 Å². The molecule has 0 saturated carbocycles. The summed E-state index contributed by atoms with van der Waals surface area (Å²) in [5.41, 5.74) is 1.14. The molecule has 4 rings (SSSR count). The summed E-state index contributed by atoms with van der Waals surface area (Å²) in [7, 11) is 0. The highest BCUT2D eigenvalue weighted by Crippen LogP contribution is 2.23. The summed E-state index contributed by atoms with van der Waals surface area (Å²) in [5, 5.41) is 0. The number of ether oxygens (including phenoxy) is 1. The minimum atomic E-state index is 0.233. The predicted octanol–water partition coefficient (Wildman–Crippen LogP) is 1.37. The number of hydrogen-bond acceptors (Lipinski definition) is 6. The van der Waals surface area contributed by atoms with Crippen LogP contribution in [0.25, 0.3) is 0 Å². The summed E-state index contributed by atoms with van der Waals surface area (Å²) in [6.45, 7) is 11.8. The van der Waals surface area contributed by atoms with Gasteiger partial charge in [-0.2, -0.15) is 0 Å². The molecule has 3 atom stereocenters. The van der Waals surface area contributed by atoms with Crippen molar-refractivity contribution in [2.24, 2.45) is 0 Å². The van der Waals surface area contributed by atoms with E-state index >= 15 is 0 Å². The Bertz CT molecular complexity index is 558. The molecule has 4 heterocycles. The van der Waals surface area contributed by atoms with Crippen LogP contribution >= 0.6 is 0 Å². The number of aromatic nitrogens is 2. The van der Waals surface area contributed by atoms with Crippen LogP contribution in [0.4, 0.5) is 5.95 Å². The predicted molar refractivity (Wildman–Crippen MR) is 94.1 cm³/mol. The van der Waals surface area contributed by atoms with Crippen LogP contribution in [-0.4, -0.2) is 77.3 Å². The summed E-state index contributed by atoms with van der Waals surface area (Å²) in [6, 6.07) is 2.83. The monoisotopic (exact) mass is 331 g/mol. The first kappa shape index (κ1) is 16.2. The Hall–Kier alpha value is -1.24.